The Hall–Kier alpha value is -3.52. The summed E-state index contributed by atoms with van der Waals surface area (Å²) in [5, 5.41) is 3.92. The smallest absolute Gasteiger partial charge is 0.118 e. The predicted molar refractivity (Wildman–Crippen MR) is 125 cm³/mol. The van der Waals surface area contributed by atoms with Crippen molar-refractivity contribution in [2.45, 2.75) is 18.4 Å². The summed E-state index contributed by atoms with van der Waals surface area (Å²) in [5.74, 6) is 1.02. The Labute approximate surface area is 179 Å². The highest BCUT2D eigenvalue weighted by Gasteiger charge is 2.40. The third-order valence-electron chi connectivity index (χ3n) is 5.84. The summed E-state index contributed by atoms with van der Waals surface area (Å²) in [6, 6.07) is 40.2. The van der Waals surface area contributed by atoms with Crippen molar-refractivity contribution in [3.8, 4) is 5.75 Å². The van der Waals surface area contributed by atoms with E-state index in [1.54, 1.807) is 7.11 Å². The number of para-hydroxylation sites is 1. The van der Waals surface area contributed by atoms with Crippen LogP contribution in [0.1, 0.15) is 29.5 Å². The number of rotatable bonds is 7. The second kappa shape index (κ2) is 8.87. The zero-order chi connectivity index (χ0) is 20.8. The number of benzene rings is 4. The van der Waals surface area contributed by atoms with Crippen LogP contribution in [0.2, 0.25) is 0 Å². The third kappa shape index (κ3) is 3.81. The fraction of sp³-hybridized carbons (Fsp3) is 0.143. The van der Waals surface area contributed by atoms with Gasteiger partial charge in [0.2, 0.25) is 0 Å². The normalized spacial score (nSPS) is 13.8. The van der Waals surface area contributed by atoms with E-state index in [4.69, 9.17) is 4.74 Å². The van der Waals surface area contributed by atoms with Gasteiger partial charge in [0, 0.05) is 11.6 Å². The summed E-state index contributed by atoms with van der Waals surface area (Å²) >= 11 is 0. The van der Waals surface area contributed by atoms with Crippen LogP contribution in [-0.4, -0.2) is 7.11 Å². The molecule has 4 rings (SSSR count). The van der Waals surface area contributed by atoms with Crippen LogP contribution in [0.15, 0.2) is 115 Å². The molecule has 0 aromatic heterocycles. The monoisotopic (exact) mass is 393 g/mol. The van der Waals surface area contributed by atoms with Gasteiger partial charge < -0.3 is 10.1 Å². The lowest BCUT2D eigenvalue weighted by Gasteiger charge is -2.42. The quantitative estimate of drug-likeness (QED) is 0.370. The molecule has 0 aliphatic heterocycles. The van der Waals surface area contributed by atoms with Gasteiger partial charge in [0.1, 0.15) is 5.75 Å². The highest BCUT2D eigenvalue weighted by molar-refractivity contribution is 5.56. The molecular formula is C28H27NO. The van der Waals surface area contributed by atoms with Crippen LogP contribution < -0.4 is 10.1 Å². The van der Waals surface area contributed by atoms with Gasteiger partial charge in [-0.2, -0.15) is 0 Å². The molecule has 0 aliphatic rings. The lowest BCUT2D eigenvalue weighted by molar-refractivity contribution is 0.413. The van der Waals surface area contributed by atoms with Gasteiger partial charge in [-0.05, 0) is 41.0 Å². The Kier molecular flexibility index (Phi) is 5.85. The van der Waals surface area contributed by atoms with Gasteiger partial charge in [-0.25, -0.2) is 0 Å². The van der Waals surface area contributed by atoms with Gasteiger partial charge in [-0.1, -0.05) is 97.9 Å². The Morgan fingerprint density at radius 3 is 1.70 bits per heavy atom. The van der Waals surface area contributed by atoms with E-state index < -0.39 is 5.54 Å². The van der Waals surface area contributed by atoms with E-state index in [2.05, 4.69) is 109 Å². The molecule has 150 valence electrons. The molecule has 2 heteroatoms. The minimum atomic E-state index is -0.462. The first-order valence-corrected chi connectivity index (χ1v) is 10.3. The van der Waals surface area contributed by atoms with Gasteiger partial charge in [-0.15, -0.1) is 0 Å². The first kappa shape index (κ1) is 19.8. The number of nitrogens with one attached hydrogen (secondary N) is 1. The number of ether oxygens (including phenoxy) is 1. The molecule has 2 unspecified atom stereocenters. The van der Waals surface area contributed by atoms with Gasteiger partial charge >= 0.3 is 0 Å². The van der Waals surface area contributed by atoms with Crippen molar-refractivity contribution in [1.82, 2.24) is 0 Å². The molecule has 0 amide bonds. The van der Waals surface area contributed by atoms with Crippen molar-refractivity contribution in [2.75, 3.05) is 12.4 Å². The highest BCUT2D eigenvalue weighted by atomic mass is 16.5. The number of anilines is 1. The summed E-state index contributed by atoms with van der Waals surface area (Å²) in [4.78, 5) is 0. The van der Waals surface area contributed by atoms with Crippen molar-refractivity contribution in [2.24, 2.45) is 0 Å². The molecule has 1 N–H and O–H groups in total. The molecule has 0 radical (unpaired) electrons. The third-order valence-corrected chi connectivity index (χ3v) is 5.84. The summed E-state index contributed by atoms with van der Waals surface area (Å²) < 4.78 is 5.43. The van der Waals surface area contributed by atoms with Crippen LogP contribution in [0.5, 0.6) is 5.75 Å². The summed E-state index contributed by atoms with van der Waals surface area (Å²) in [6.07, 6.45) is 0. The summed E-state index contributed by atoms with van der Waals surface area (Å²) in [7, 11) is 1.70. The van der Waals surface area contributed by atoms with E-state index in [1.807, 2.05) is 18.2 Å². The second-order valence-corrected chi connectivity index (χ2v) is 7.53. The maximum absolute atomic E-state index is 5.43. The lowest BCUT2D eigenvalue weighted by Crippen LogP contribution is -2.41. The number of methoxy groups -OCH3 is 1. The first-order chi connectivity index (χ1) is 14.7. The first-order valence-electron chi connectivity index (χ1n) is 10.3. The molecule has 30 heavy (non-hydrogen) atoms. The maximum Gasteiger partial charge on any atom is 0.118 e. The average molecular weight is 394 g/mol. The second-order valence-electron chi connectivity index (χ2n) is 7.53. The van der Waals surface area contributed by atoms with E-state index in [1.165, 1.54) is 16.7 Å². The molecular weight excluding hydrogens is 366 g/mol. The molecule has 0 fully saturated rings. The highest BCUT2D eigenvalue weighted by Crippen LogP contribution is 2.45. The van der Waals surface area contributed by atoms with E-state index in [0.29, 0.717) is 0 Å². The topological polar surface area (TPSA) is 21.3 Å². The summed E-state index contributed by atoms with van der Waals surface area (Å²) in [6.45, 7) is 2.29. The van der Waals surface area contributed by atoms with Crippen molar-refractivity contribution in [1.29, 1.82) is 0 Å². The average Bonchev–Trinajstić information content (AvgIpc) is 2.84. The fourth-order valence-corrected chi connectivity index (χ4v) is 4.22. The Morgan fingerprint density at radius 1 is 0.633 bits per heavy atom. The van der Waals surface area contributed by atoms with Crippen molar-refractivity contribution in [3.05, 3.63) is 132 Å². The van der Waals surface area contributed by atoms with E-state index in [-0.39, 0.29) is 5.92 Å². The van der Waals surface area contributed by atoms with E-state index in [9.17, 15) is 0 Å². The van der Waals surface area contributed by atoms with Crippen molar-refractivity contribution in [3.63, 3.8) is 0 Å². The zero-order valence-electron chi connectivity index (χ0n) is 17.5. The van der Waals surface area contributed by atoms with Crippen LogP contribution in [0.3, 0.4) is 0 Å². The SMILES string of the molecule is COc1ccc(C(Nc2ccccc2)(c2ccccc2)C(C)c2ccccc2)cc1. The Morgan fingerprint density at radius 2 is 1.13 bits per heavy atom. The lowest BCUT2D eigenvalue weighted by atomic mass is 9.70. The fourth-order valence-electron chi connectivity index (χ4n) is 4.22. The molecule has 4 aromatic rings. The minimum Gasteiger partial charge on any atom is -0.497 e. The van der Waals surface area contributed by atoms with Crippen LogP contribution in [0, 0.1) is 0 Å². The Balaban J connectivity index is 1.96. The Bertz CT molecular complexity index is 1050. The van der Waals surface area contributed by atoms with Crippen LogP contribution >= 0.6 is 0 Å². The largest absolute Gasteiger partial charge is 0.497 e. The van der Waals surface area contributed by atoms with Crippen molar-refractivity contribution < 1.29 is 4.74 Å². The predicted octanol–water partition coefficient (Wildman–Crippen LogP) is 6.85. The van der Waals surface area contributed by atoms with Gasteiger partial charge in [-0.3, -0.25) is 0 Å². The van der Waals surface area contributed by atoms with Crippen LogP contribution in [0.25, 0.3) is 0 Å². The molecule has 0 heterocycles. The van der Waals surface area contributed by atoms with Crippen molar-refractivity contribution >= 4 is 5.69 Å². The van der Waals surface area contributed by atoms with Gasteiger partial charge in [0.05, 0.1) is 12.6 Å². The van der Waals surface area contributed by atoms with Crippen LogP contribution in [-0.2, 0) is 5.54 Å². The summed E-state index contributed by atoms with van der Waals surface area (Å²) in [5.41, 5.74) is 4.31. The van der Waals surface area contributed by atoms with Gasteiger partial charge in [0.15, 0.2) is 0 Å². The maximum atomic E-state index is 5.43. The minimum absolute atomic E-state index is 0.162. The number of hydrogen-bond acceptors (Lipinski definition) is 2. The molecule has 2 nitrogen and oxygen atoms in total. The molecule has 0 saturated heterocycles. The molecule has 0 aliphatic carbocycles. The van der Waals surface area contributed by atoms with Gasteiger partial charge in [0.25, 0.3) is 0 Å². The molecule has 0 bridgehead atoms. The molecule has 0 saturated carbocycles. The molecule has 4 aromatic carbocycles. The van der Waals surface area contributed by atoms with E-state index >= 15 is 0 Å². The molecule has 2 atom stereocenters. The molecule has 0 spiro atoms. The van der Waals surface area contributed by atoms with Crippen LogP contribution in [0.4, 0.5) is 5.69 Å². The number of hydrogen-bond donors (Lipinski definition) is 1. The van der Waals surface area contributed by atoms with E-state index in [0.717, 1.165) is 11.4 Å². The standard InChI is InChI=1S/C28H27NO/c1-22(23-12-6-3-7-13-23)28(24-14-8-4-9-15-24,29-26-16-10-5-11-17-26)25-18-20-27(30-2)21-19-25/h3-22,29H,1-2H3. The zero-order valence-corrected chi connectivity index (χ0v) is 17.5.